The van der Waals surface area contributed by atoms with Gasteiger partial charge in [0.1, 0.15) is 0 Å². The summed E-state index contributed by atoms with van der Waals surface area (Å²) >= 11 is 0. The van der Waals surface area contributed by atoms with Crippen molar-refractivity contribution >= 4 is 22.4 Å². The highest BCUT2D eigenvalue weighted by atomic mass is 35.5. The molecule has 0 aromatic heterocycles. The minimum atomic E-state index is -4.55. The molecule has 1 saturated heterocycles. The number of hydrogen-bond donors (Lipinski definition) is 1. The molecule has 0 bridgehead atoms. The molecule has 0 radical (unpaired) electrons. The molecule has 0 unspecified atom stereocenters. The van der Waals surface area contributed by atoms with Crippen LogP contribution in [0.5, 0.6) is 0 Å². The molecule has 1 aromatic carbocycles. The van der Waals surface area contributed by atoms with E-state index in [-0.39, 0.29) is 36.4 Å². The normalized spacial score (nSPS) is 20.9. The van der Waals surface area contributed by atoms with E-state index in [1.807, 2.05) is 6.92 Å². The first-order valence-electron chi connectivity index (χ1n) is 6.12. The van der Waals surface area contributed by atoms with E-state index in [1.54, 1.807) is 0 Å². The van der Waals surface area contributed by atoms with Crippen molar-refractivity contribution in [2.75, 3.05) is 19.6 Å². The number of hydrogen-bond acceptors (Lipinski definition) is 3. The third kappa shape index (κ3) is 4.09. The maximum Gasteiger partial charge on any atom is 0.416 e. The van der Waals surface area contributed by atoms with Crippen molar-refractivity contribution in [2.45, 2.75) is 24.0 Å². The van der Waals surface area contributed by atoms with Crippen molar-refractivity contribution < 1.29 is 21.6 Å². The Morgan fingerprint density at radius 3 is 2.57 bits per heavy atom. The van der Waals surface area contributed by atoms with Crippen LogP contribution in [0.15, 0.2) is 29.2 Å². The number of alkyl halides is 3. The van der Waals surface area contributed by atoms with Crippen LogP contribution >= 0.6 is 12.4 Å². The molecule has 1 heterocycles. The van der Waals surface area contributed by atoms with Gasteiger partial charge in [0, 0.05) is 25.7 Å². The Hall–Kier alpha value is -0.830. The lowest BCUT2D eigenvalue weighted by atomic mass is 10.2. The van der Waals surface area contributed by atoms with Crippen molar-refractivity contribution in [1.82, 2.24) is 9.62 Å². The minimum absolute atomic E-state index is 0. The first kappa shape index (κ1) is 18.2. The highest BCUT2D eigenvalue weighted by Crippen LogP contribution is 2.31. The van der Waals surface area contributed by atoms with E-state index in [0.29, 0.717) is 12.6 Å². The second-order valence-electron chi connectivity index (χ2n) is 4.74. The Bertz CT molecular complexity index is 592. The molecule has 9 heteroatoms. The summed E-state index contributed by atoms with van der Waals surface area (Å²) in [6, 6.07) is 3.82. The summed E-state index contributed by atoms with van der Waals surface area (Å²) in [5.74, 6) is 0. The van der Waals surface area contributed by atoms with Crippen molar-refractivity contribution in [2.24, 2.45) is 0 Å². The summed E-state index contributed by atoms with van der Waals surface area (Å²) in [7, 11) is -3.88. The summed E-state index contributed by atoms with van der Waals surface area (Å²) in [6.45, 7) is 2.81. The largest absolute Gasteiger partial charge is 0.416 e. The molecule has 1 aliphatic rings. The van der Waals surface area contributed by atoms with Crippen molar-refractivity contribution in [1.29, 1.82) is 0 Å². The fraction of sp³-hybridized carbons (Fsp3) is 0.500. The Balaban J connectivity index is 0.00000220. The van der Waals surface area contributed by atoms with Crippen LogP contribution in [0.4, 0.5) is 13.2 Å². The standard InChI is InChI=1S/C12H15F3N2O2S.ClH/c1-9-8-17(6-5-16-9)20(18,19)11-4-2-3-10(7-11)12(13,14)15;/h2-4,7,9,16H,5-6,8H2,1H3;1H/t9-;/m1./s1. The van der Waals surface area contributed by atoms with E-state index in [2.05, 4.69) is 5.32 Å². The Morgan fingerprint density at radius 1 is 1.33 bits per heavy atom. The van der Waals surface area contributed by atoms with Gasteiger partial charge in [-0.25, -0.2) is 8.42 Å². The van der Waals surface area contributed by atoms with Crippen molar-refractivity contribution in [3.8, 4) is 0 Å². The Labute approximate surface area is 127 Å². The van der Waals surface area contributed by atoms with Gasteiger partial charge in [0.25, 0.3) is 0 Å². The highest BCUT2D eigenvalue weighted by Gasteiger charge is 2.33. The van der Waals surface area contributed by atoms with Crippen LogP contribution in [0, 0.1) is 0 Å². The van der Waals surface area contributed by atoms with Gasteiger partial charge in [-0.05, 0) is 25.1 Å². The number of benzene rings is 1. The molecule has 1 aliphatic heterocycles. The lowest BCUT2D eigenvalue weighted by Crippen LogP contribution is -2.51. The zero-order valence-corrected chi connectivity index (χ0v) is 12.9. The van der Waals surface area contributed by atoms with Crippen LogP contribution in [-0.4, -0.2) is 38.4 Å². The molecule has 2 rings (SSSR count). The third-order valence-electron chi connectivity index (χ3n) is 3.13. The molecule has 0 spiro atoms. The van der Waals surface area contributed by atoms with E-state index < -0.39 is 21.8 Å². The summed E-state index contributed by atoms with van der Waals surface area (Å²) in [6.07, 6.45) is -4.55. The topological polar surface area (TPSA) is 49.4 Å². The average Bonchev–Trinajstić information content (AvgIpc) is 2.38. The van der Waals surface area contributed by atoms with Gasteiger partial charge in [-0.1, -0.05) is 6.07 Å². The third-order valence-corrected chi connectivity index (χ3v) is 4.99. The van der Waals surface area contributed by atoms with Gasteiger partial charge in [0.15, 0.2) is 0 Å². The molecule has 1 aromatic rings. The number of rotatable bonds is 2. The summed E-state index contributed by atoms with van der Waals surface area (Å²) in [5.41, 5.74) is -0.957. The molecule has 21 heavy (non-hydrogen) atoms. The molecule has 1 atom stereocenters. The number of nitrogens with one attached hydrogen (secondary N) is 1. The fourth-order valence-corrected chi connectivity index (χ4v) is 3.67. The Morgan fingerprint density at radius 2 is 2.00 bits per heavy atom. The molecule has 1 fully saturated rings. The van der Waals surface area contributed by atoms with E-state index in [9.17, 15) is 21.6 Å². The minimum Gasteiger partial charge on any atom is -0.312 e. The van der Waals surface area contributed by atoms with Crippen LogP contribution in [0.1, 0.15) is 12.5 Å². The first-order chi connectivity index (χ1) is 9.21. The zero-order chi connectivity index (χ0) is 15.0. The van der Waals surface area contributed by atoms with E-state index >= 15 is 0 Å². The smallest absolute Gasteiger partial charge is 0.312 e. The van der Waals surface area contributed by atoms with E-state index in [1.165, 1.54) is 10.4 Å². The summed E-state index contributed by atoms with van der Waals surface area (Å²) < 4.78 is 63.8. The molecule has 0 aliphatic carbocycles. The van der Waals surface area contributed by atoms with Gasteiger partial charge in [-0.15, -0.1) is 12.4 Å². The summed E-state index contributed by atoms with van der Waals surface area (Å²) in [5, 5.41) is 3.09. The Kier molecular flexibility index (Phi) is 5.65. The van der Waals surface area contributed by atoms with Gasteiger partial charge < -0.3 is 5.32 Å². The van der Waals surface area contributed by atoms with Crippen LogP contribution in [0.25, 0.3) is 0 Å². The SMILES string of the molecule is C[C@@H]1CN(S(=O)(=O)c2cccc(C(F)(F)F)c2)CCN1.Cl. The fourth-order valence-electron chi connectivity index (χ4n) is 2.10. The lowest BCUT2D eigenvalue weighted by molar-refractivity contribution is -0.137. The van der Waals surface area contributed by atoms with Crippen molar-refractivity contribution in [3.05, 3.63) is 29.8 Å². The van der Waals surface area contributed by atoms with Gasteiger partial charge in [0.05, 0.1) is 10.5 Å². The molecule has 4 nitrogen and oxygen atoms in total. The van der Waals surface area contributed by atoms with Gasteiger partial charge >= 0.3 is 6.18 Å². The maximum absolute atomic E-state index is 12.6. The molecule has 1 N–H and O–H groups in total. The van der Waals surface area contributed by atoms with Crippen LogP contribution in [-0.2, 0) is 16.2 Å². The zero-order valence-electron chi connectivity index (χ0n) is 11.2. The molecular formula is C12H16ClF3N2O2S. The average molecular weight is 345 g/mol. The van der Waals surface area contributed by atoms with Gasteiger partial charge in [-0.3, -0.25) is 0 Å². The predicted octanol–water partition coefficient (Wildman–Crippen LogP) is 2.11. The van der Waals surface area contributed by atoms with Gasteiger partial charge in [-0.2, -0.15) is 17.5 Å². The maximum atomic E-state index is 12.6. The van der Waals surface area contributed by atoms with Crippen LogP contribution in [0.2, 0.25) is 0 Å². The number of nitrogens with zero attached hydrogens (tertiary/aromatic N) is 1. The first-order valence-corrected chi connectivity index (χ1v) is 7.56. The number of piperazine rings is 1. The van der Waals surface area contributed by atoms with E-state index in [0.717, 1.165) is 12.1 Å². The van der Waals surface area contributed by atoms with E-state index in [4.69, 9.17) is 0 Å². The lowest BCUT2D eigenvalue weighted by Gasteiger charge is -2.31. The second kappa shape index (κ2) is 6.51. The van der Waals surface area contributed by atoms with Crippen molar-refractivity contribution in [3.63, 3.8) is 0 Å². The van der Waals surface area contributed by atoms with Crippen LogP contribution in [0.3, 0.4) is 0 Å². The van der Waals surface area contributed by atoms with Gasteiger partial charge in [0.2, 0.25) is 10.0 Å². The second-order valence-corrected chi connectivity index (χ2v) is 6.68. The molecule has 0 saturated carbocycles. The monoisotopic (exact) mass is 344 g/mol. The number of sulfonamides is 1. The highest BCUT2D eigenvalue weighted by molar-refractivity contribution is 7.89. The quantitative estimate of drug-likeness (QED) is 0.894. The van der Waals surface area contributed by atoms with Crippen LogP contribution < -0.4 is 5.32 Å². The molecule has 120 valence electrons. The molecule has 0 amide bonds. The molecular weight excluding hydrogens is 329 g/mol. The predicted molar refractivity (Wildman–Crippen MR) is 74.9 cm³/mol. The summed E-state index contributed by atoms with van der Waals surface area (Å²) in [4.78, 5) is -0.318. The number of halogens is 4.